The first-order valence-electron chi connectivity index (χ1n) is 9.87. The van der Waals surface area contributed by atoms with Gasteiger partial charge in [0.25, 0.3) is 5.69 Å². The molecule has 1 aliphatic heterocycles. The molecule has 1 heterocycles. The van der Waals surface area contributed by atoms with Gasteiger partial charge in [-0.3, -0.25) is 14.9 Å². The van der Waals surface area contributed by atoms with E-state index in [1.165, 1.54) is 34.6 Å². The molecule has 1 amide bonds. The van der Waals surface area contributed by atoms with E-state index in [0.29, 0.717) is 37.6 Å². The number of hydrogen-bond acceptors (Lipinski definition) is 7. The van der Waals surface area contributed by atoms with Gasteiger partial charge in [-0.2, -0.15) is 4.31 Å². The van der Waals surface area contributed by atoms with Crippen LogP contribution in [0.3, 0.4) is 0 Å². The number of carbonyl (C=O) groups is 1. The number of nitrogens with one attached hydrogen (secondary N) is 1. The van der Waals surface area contributed by atoms with Gasteiger partial charge in [0.05, 0.1) is 29.6 Å². The van der Waals surface area contributed by atoms with E-state index in [0.717, 1.165) is 0 Å². The Balaban J connectivity index is 1.42. The fraction of sp³-hybridized carbons (Fsp3) is 0.286. The lowest BCUT2D eigenvalue weighted by atomic mass is 10.2. The minimum atomic E-state index is -3.55. The van der Waals surface area contributed by atoms with Crippen molar-refractivity contribution in [3.05, 3.63) is 70.3 Å². The molecule has 0 aliphatic carbocycles. The minimum absolute atomic E-state index is 0.0181. The second-order valence-corrected chi connectivity index (χ2v) is 8.75. The topological polar surface area (TPSA) is 128 Å². The van der Waals surface area contributed by atoms with E-state index in [1.54, 1.807) is 30.3 Å². The molecular formula is C21H23N3O7S. The van der Waals surface area contributed by atoms with Crippen molar-refractivity contribution >= 4 is 27.7 Å². The lowest BCUT2D eigenvalue weighted by Crippen LogP contribution is -2.40. The number of nitrogens with zero attached hydrogens (tertiary/aromatic N) is 2. The van der Waals surface area contributed by atoms with Crippen LogP contribution in [0.2, 0.25) is 0 Å². The summed E-state index contributed by atoms with van der Waals surface area (Å²) in [6.45, 7) is 1.88. The number of sulfonamides is 1. The van der Waals surface area contributed by atoms with Crippen LogP contribution in [0, 0.1) is 10.1 Å². The molecule has 1 aliphatic rings. The highest BCUT2D eigenvalue weighted by molar-refractivity contribution is 7.89. The molecule has 0 radical (unpaired) electrons. The van der Waals surface area contributed by atoms with Crippen molar-refractivity contribution < 1.29 is 27.6 Å². The van der Waals surface area contributed by atoms with Crippen LogP contribution in [0.5, 0.6) is 5.75 Å². The van der Waals surface area contributed by atoms with Crippen LogP contribution in [-0.4, -0.2) is 63.0 Å². The van der Waals surface area contributed by atoms with Crippen LogP contribution >= 0.6 is 0 Å². The van der Waals surface area contributed by atoms with Gasteiger partial charge in [0, 0.05) is 31.3 Å². The Hall–Kier alpha value is -3.28. The predicted octanol–water partition coefficient (Wildman–Crippen LogP) is 1.82. The second-order valence-electron chi connectivity index (χ2n) is 6.81. The van der Waals surface area contributed by atoms with Gasteiger partial charge in [-0.1, -0.05) is 0 Å². The summed E-state index contributed by atoms with van der Waals surface area (Å²) in [6, 6.07) is 12.0. The maximum atomic E-state index is 12.6. The molecule has 0 atom stereocenters. The maximum absolute atomic E-state index is 12.6. The van der Waals surface area contributed by atoms with Crippen LogP contribution < -0.4 is 10.1 Å². The summed E-state index contributed by atoms with van der Waals surface area (Å²) < 4.78 is 37.3. The molecule has 0 bridgehead atoms. The third-order valence-corrected chi connectivity index (χ3v) is 6.55. The van der Waals surface area contributed by atoms with Crippen molar-refractivity contribution in [2.75, 3.05) is 39.5 Å². The molecule has 1 fully saturated rings. The van der Waals surface area contributed by atoms with E-state index in [1.807, 2.05) is 0 Å². The number of morpholine rings is 1. The fourth-order valence-electron chi connectivity index (χ4n) is 2.92. The van der Waals surface area contributed by atoms with Crippen molar-refractivity contribution in [1.29, 1.82) is 0 Å². The zero-order valence-corrected chi connectivity index (χ0v) is 18.0. The monoisotopic (exact) mass is 461 g/mol. The van der Waals surface area contributed by atoms with E-state index in [2.05, 4.69) is 5.32 Å². The smallest absolute Gasteiger partial charge is 0.269 e. The van der Waals surface area contributed by atoms with Crippen molar-refractivity contribution in [3.8, 4) is 5.75 Å². The Kier molecular flexibility index (Phi) is 7.92. The van der Waals surface area contributed by atoms with Crippen LogP contribution in [0.25, 0.3) is 6.08 Å². The summed E-state index contributed by atoms with van der Waals surface area (Å²) in [6.07, 6.45) is 2.87. The SMILES string of the molecule is O=C(/C=C/c1ccc([N+](=O)[O-])cc1)NCCOc1ccc(S(=O)(=O)N2CCOCC2)cc1. The molecular weight excluding hydrogens is 438 g/mol. The number of non-ortho nitro benzene ring substituents is 1. The quantitative estimate of drug-likeness (QED) is 0.261. The third-order valence-electron chi connectivity index (χ3n) is 4.63. The molecule has 0 spiro atoms. The summed E-state index contributed by atoms with van der Waals surface area (Å²) in [5.74, 6) is 0.153. The van der Waals surface area contributed by atoms with Crippen molar-refractivity contribution in [3.63, 3.8) is 0 Å². The summed E-state index contributed by atoms with van der Waals surface area (Å²) in [7, 11) is -3.55. The normalized spacial score (nSPS) is 14.9. The lowest BCUT2D eigenvalue weighted by molar-refractivity contribution is -0.384. The fourth-order valence-corrected chi connectivity index (χ4v) is 4.33. The number of hydrogen-bond donors (Lipinski definition) is 1. The molecule has 170 valence electrons. The summed E-state index contributed by atoms with van der Waals surface area (Å²) >= 11 is 0. The molecule has 2 aromatic rings. The maximum Gasteiger partial charge on any atom is 0.269 e. The molecule has 0 saturated carbocycles. The van der Waals surface area contributed by atoms with Gasteiger partial charge in [0.15, 0.2) is 0 Å². The van der Waals surface area contributed by atoms with Crippen molar-refractivity contribution in [1.82, 2.24) is 9.62 Å². The second kappa shape index (κ2) is 10.8. The highest BCUT2D eigenvalue weighted by Gasteiger charge is 2.26. The first-order chi connectivity index (χ1) is 15.4. The predicted molar refractivity (Wildman–Crippen MR) is 117 cm³/mol. The van der Waals surface area contributed by atoms with Gasteiger partial charge >= 0.3 is 0 Å². The first kappa shape index (κ1) is 23.4. The van der Waals surface area contributed by atoms with Gasteiger partial charge in [0.1, 0.15) is 12.4 Å². The average molecular weight is 461 g/mol. The molecule has 32 heavy (non-hydrogen) atoms. The van der Waals surface area contributed by atoms with Gasteiger partial charge in [-0.05, 0) is 48.0 Å². The largest absolute Gasteiger partial charge is 0.492 e. The van der Waals surface area contributed by atoms with Gasteiger partial charge in [-0.15, -0.1) is 0 Å². The van der Waals surface area contributed by atoms with E-state index < -0.39 is 14.9 Å². The number of ether oxygens (including phenoxy) is 2. The van der Waals surface area contributed by atoms with Crippen LogP contribution in [0.1, 0.15) is 5.56 Å². The molecule has 3 rings (SSSR count). The van der Waals surface area contributed by atoms with E-state index in [-0.39, 0.29) is 29.6 Å². The number of nitro benzene ring substituents is 1. The molecule has 2 aromatic carbocycles. The summed E-state index contributed by atoms with van der Waals surface area (Å²) in [4.78, 5) is 22.2. The minimum Gasteiger partial charge on any atom is -0.492 e. The summed E-state index contributed by atoms with van der Waals surface area (Å²) in [5.41, 5.74) is 0.643. The third kappa shape index (κ3) is 6.36. The Morgan fingerprint density at radius 2 is 1.78 bits per heavy atom. The Morgan fingerprint density at radius 1 is 1.12 bits per heavy atom. The van der Waals surface area contributed by atoms with Crippen molar-refractivity contribution in [2.45, 2.75) is 4.90 Å². The highest BCUT2D eigenvalue weighted by atomic mass is 32.2. The number of benzene rings is 2. The molecule has 0 unspecified atom stereocenters. The Bertz CT molecular complexity index is 1060. The van der Waals surface area contributed by atoms with E-state index >= 15 is 0 Å². The van der Waals surface area contributed by atoms with Gasteiger partial charge in [0.2, 0.25) is 15.9 Å². The highest BCUT2D eigenvalue weighted by Crippen LogP contribution is 2.20. The number of nitro groups is 1. The van der Waals surface area contributed by atoms with Gasteiger partial charge < -0.3 is 14.8 Å². The van der Waals surface area contributed by atoms with Crippen molar-refractivity contribution in [2.24, 2.45) is 0 Å². The first-order valence-corrected chi connectivity index (χ1v) is 11.3. The Morgan fingerprint density at radius 3 is 2.41 bits per heavy atom. The standard InChI is InChI=1S/C21H23N3O7S/c25-21(10-3-17-1-4-18(5-2-17)24(26)27)22-11-14-31-19-6-8-20(9-7-19)32(28,29)23-12-15-30-16-13-23/h1-10H,11-16H2,(H,22,25)/b10-3+. The number of amides is 1. The van der Waals surface area contributed by atoms with Crippen LogP contribution in [0.15, 0.2) is 59.5 Å². The molecule has 10 nitrogen and oxygen atoms in total. The molecule has 11 heteroatoms. The van der Waals surface area contributed by atoms with Crippen LogP contribution in [-0.2, 0) is 19.6 Å². The Labute approximate surface area is 185 Å². The average Bonchev–Trinajstić information content (AvgIpc) is 2.81. The number of carbonyl (C=O) groups excluding carboxylic acids is 1. The van der Waals surface area contributed by atoms with Crippen LogP contribution in [0.4, 0.5) is 5.69 Å². The lowest BCUT2D eigenvalue weighted by Gasteiger charge is -2.26. The zero-order valence-electron chi connectivity index (χ0n) is 17.2. The van der Waals surface area contributed by atoms with E-state index in [4.69, 9.17) is 9.47 Å². The van der Waals surface area contributed by atoms with Gasteiger partial charge in [-0.25, -0.2) is 8.42 Å². The number of rotatable bonds is 9. The van der Waals surface area contributed by atoms with E-state index in [9.17, 15) is 23.3 Å². The summed E-state index contributed by atoms with van der Waals surface area (Å²) in [5, 5.41) is 13.3. The zero-order chi connectivity index (χ0) is 23.0. The molecule has 1 N–H and O–H groups in total. The molecule has 1 saturated heterocycles. The molecule has 0 aromatic heterocycles.